The Hall–Kier alpha value is -2.02. The summed E-state index contributed by atoms with van der Waals surface area (Å²) >= 11 is 0. The van der Waals surface area contributed by atoms with E-state index in [1.165, 1.54) is 16.7 Å². The van der Waals surface area contributed by atoms with Crippen molar-refractivity contribution >= 4 is 17.3 Å². The van der Waals surface area contributed by atoms with Crippen molar-refractivity contribution in [2.24, 2.45) is 5.41 Å². The van der Waals surface area contributed by atoms with Gasteiger partial charge in [0.25, 0.3) is 0 Å². The van der Waals surface area contributed by atoms with Crippen LogP contribution >= 0.6 is 0 Å². The summed E-state index contributed by atoms with van der Waals surface area (Å²) in [5.74, 6) is 0. The number of nitrogen functional groups attached to an aromatic ring is 1. The fourth-order valence-corrected chi connectivity index (χ4v) is 2.11. The highest BCUT2D eigenvalue weighted by Gasteiger charge is 2.18. The predicted octanol–water partition coefficient (Wildman–Crippen LogP) is 4.86. The lowest BCUT2D eigenvalue weighted by Gasteiger charge is -2.24. The third-order valence-electron chi connectivity index (χ3n) is 3.14. The highest BCUT2D eigenvalue weighted by atomic mass is 14.5. The normalized spacial score (nSPS) is 12.5. The van der Waals surface area contributed by atoms with Crippen molar-refractivity contribution in [3.8, 4) is 0 Å². The molecule has 2 aromatic rings. The second-order valence-electron chi connectivity index (χ2n) is 5.84. The standard InChI is InChI=1S/C18H21N/c1-18(2,3)17(15-7-5-4-6-8-15)13-14-9-11-16(19)12-10-14/h4-13H,19H2,1-3H3. The van der Waals surface area contributed by atoms with Gasteiger partial charge in [0.1, 0.15) is 0 Å². The fourth-order valence-electron chi connectivity index (χ4n) is 2.11. The summed E-state index contributed by atoms with van der Waals surface area (Å²) in [7, 11) is 0. The van der Waals surface area contributed by atoms with Gasteiger partial charge in [-0.3, -0.25) is 0 Å². The van der Waals surface area contributed by atoms with Gasteiger partial charge in [-0.15, -0.1) is 0 Å². The van der Waals surface area contributed by atoms with E-state index in [1.807, 2.05) is 18.2 Å². The Morgan fingerprint density at radius 1 is 0.895 bits per heavy atom. The van der Waals surface area contributed by atoms with Crippen molar-refractivity contribution in [1.29, 1.82) is 0 Å². The van der Waals surface area contributed by atoms with Crippen molar-refractivity contribution in [2.45, 2.75) is 20.8 Å². The summed E-state index contributed by atoms with van der Waals surface area (Å²) in [6, 6.07) is 18.5. The van der Waals surface area contributed by atoms with Gasteiger partial charge in [0.2, 0.25) is 0 Å². The first-order chi connectivity index (χ1) is 8.97. The highest BCUT2D eigenvalue weighted by Crippen LogP contribution is 2.35. The van der Waals surface area contributed by atoms with Gasteiger partial charge in [-0.05, 0) is 34.2 Å². The van der Waals surface area contributed by atoms with E-state index in [1.54, 1.807) is 0 Å². The molecule has 0 bridgehead atoms. The Morgan fingerprint density at radius 3 is 2.00 bits per heavy atom. The lowest BCUT2D eigenvalue weighted by Crippen LogP contribution is -2.08. The lowest BCUT2D eigenvalue weighted by molar-refractivity contribution is 0.569. The predicted molar refractivity (Wildman–Crippen MR) is 84.6 cm³/mol. The molecule has 1 nitrogen and oxygen atoms in total. The first-order valence-electron chi connectivity index (χ1n) is 6.60. The van der Waals surface area contributed by atoms with Gasteiger partial charge < -0.3 is 5.73 Å². The lowest BCUT2D eigenvalue weighted by atomic mass is 9.81. The first kappa shape index (κ1) is 13.4. The number of hydrogen-bond donors (Lipinski definition) is 1. The molecule has 0 spiro atoms. The Balaban J connectivity index is 2.47. The molecule has 0 saturated carbocycles. The van der Waals surface area contributed by atoms with Gasteiger partial charge in [-0.2, -0.15) is 0 Å². The molecule has 0 fully saturated rings. The van der Waals surface area contributed by atoms with Crippen LogP contribution in [0.1, 0.15) is 31.9 Å². The summed E-state index contributed by atoms with van der Waals surface area (Å²) in [5, 5.41) is 0. The maximum Gasteiger partial charge on any atom is 0.0314 e. The van der Waals surface area contributed by atoms with E-state index in [2.05, 4.69) is 63.2 Å². The maximum absolute atomic E-state index is 5.73. The number of anilines is 1. The van der Waals surface area contributed by atoms with Crippen LogP contribution in [0.25, 0.3) is 11.6 Å². The monoisotopic (exact) mass is 251 g/mol. The van der Waals surface area contributed by atoms with Gasteiger partial charge in [0.05, 0.1) is 0 Å². The van der Waals surface area contributed by atoms with Crippen molar-refractivity contribution in [3.05, 3.63) is 65.7 Å². The van der Waals surface area contributed by atoms with Crippen LogP contribution in [0.2, 0.25) is 0 Å². The largest absolute Gasteiger partial charge is 0.399 e. The second-order valence-corrected chi connectivity index (χ2v) is 5.84. The first-order valence-corrected chi connectivity index (χ1v) is 6.60. The second kappa shape index (κ2) is 5.31. The van der Waals surface area contributed by atoms with Crippen LogP contribution in [0.15, 0.2) is 54.6 Å². The molecule has 19 heavy (non-hydrogen) atoms. The average Bonchev–Trinajstić information content (AvgIpc) is 2.37. The minimum atomic E-state index is 0.0999. The summed E-state index contributed by atoms with van der Waals surface area (Å²) < 4.78 is 0. The molecular formula is C18H21N. The van der Waals surface area contributed by atoms with Crippen molar-refractivity contribution in [1.82, 2.24) is 0 Å². The SMILES string of the molecule is CC(C)(C)C(=Cc1ccc(N)cc1)c1ccccc1. The minimum Gasteiger partial charge on any atom is -0.399 e. The number of nitrogens with two attached hydrogens (primary N) is 1. The fraction of sp³-hybridized carbons (Fsp3) is 0.222. The molecule has 0 aliphatic heterocycles. The molecular weight excluding hydrogens is 230 g/mol. The molecule has 0 radical (unpaired) electrons. The molecule has 0 aliphatic rings. The zero-order valence-electron chi connectivity index (χ0n) is 11.9. The van der Waals surface area contributed by atoms with E-state index in [9.17, 15) is 0 Å². The van der Waals surface area contributed by atoms with E-state index in [0.717, 1.165) is 5.69 Å². The molecule has 0 atom stereocenters. The van der Waals surface area contributed by atoms with E-state index in [4.69, 9.17) is 5.73 Å². The third kappa shape index (κ3) is 3.47. The van der Waals surface area contributed by atoms with Crippen molar-refractivity contribution in [2.75, 3.05) is 5.73 Å². The van der Waals surface area contributed by atoms with Crippen molar-refractivity contribution < 1.29 is 0 Å². The van der Waals surface area contributed by atoms with Crippen LogP contribution in [0.4, 0.5) is 5.69 Å². The van der Waals surface area contributed by atoms with Crippen LogP contribution in [-0.2, 0) is 0 Å². The van der Waals surface area contributed by atoms with E-state index >= 15 is 0 Å². The van der Waals surface area contributed by atoms with E-state index in [0.29, 0.717) is 0 Å². The van der Waals surface area contributed by atoms with Crippen LogP contribution in [0.5, 0.6) is 0 Å². The zero-order chi connectivity index (χ0) is 13.9. The summed E-state index contributed by atoms with van der Waals surface area (Å²) in [4.78, 5) is 0. The highest BCUT2D eigenvalue weighted by molar-refractivity contribution is 5.84. The molecule has 1 heteroatoms. The third-order valence-corrected chi connectivity index (χ3v) is 3.14. The Kier molecular flexibility index (Phi) is 3.75. The molecule has 2 aromatic carbocycles. The summed E-state index contributed by atoms with van der Waals surface area (Å²) in [5.41, 5.74) is 10.4. The van der Waals surface area contributed by atoms with Crippen LogP contribution in [0.3, 0.4) is 0 Å². The Labute approximate surface area is 115 Å². The molecule has 2 rings (SSSR count). The van der Waals surface area contributed by atoms with Crippen LogP contribution in [0, 0.1) is 5.41 Å². The average molecular weight is 251 g/mol. The van der Waals surface area contributed by atoms with Crippen LogP contribution < -0.4 is 5.73 Å². The van der Waals surface area contributed by atoms with Gasteiger partial charge in [-0.25, -0.2) is 0 Å². The molecule has 2 N–H and O–H groups in total. The van der Waals surface area contributed by atoms with Crippen molar-refractivity contribution in [3.63, 3.8) is 0 Å². The van der Waals surface area contributed by atoms with E-state index < -0.39 is 0 Å². The van der Waals surface area contributed by atoms with Gasteiger partial charge in [0.15, 0.2) is 0 Å². The van der Waals surface area contributed by atoms with Gasteiger partial charge in [0, 0.05) is 5.69 Å². The molecule has 0 aliphatic carbocycles. The number of hydrogen-bond acceptors (Lipinski definition) is 1. The molecule has 0 aromatic heterocycles. The molecule has 98 valence electrons. The number of allylic oxidation sites excluding steroid dienone is 1. The molecule has 0 amide bonds. The topological polar surface area (TPSA) is 26.0 Å². The molecule has 0 saturated heterocycles. The maximum atomic E-state index is 5.73. The zero-order valence-corrected chi connectivity index (χ0v) is 11.9. The smallest absolute Gasteiger partial charge is 0.0314 e. The number of rotatable bonds is 2. The molecule has 0 heterocycles. The Bertz CT molecular complexity index is 557. The van der Waals surface area contributed by atoms with Gasteiger partial charge in [-0.1, -0.05) is 69.3 Å². The minimum absolute atomic E-state index is 0.0999. The number of benzene rings is 2. The van der Waals surface area contributed by atoms with E-state index in [-0.39, 0.29) is 5.41 Å². The Morgan fingerprint density at radius 2 is 1.47 bits per heavy atom. The van der Waals surface area contributed by atoms with Crippen LogP contribution in [-0.4, -0.2) is 0 Å². The molecule has 0 unspecified atom stereocenters. The summed E-state index contributed by atoms with van der Waals surface area (Å²) in [6.45, 7) is 6.72. The van der Waals surface area contributed by atoms with Gasteiger partial charge >= 0.3 is 0 Å². The quantitative estimate of drug-likeness (QED) is 0.599. The summed E-state index contributed by atoms with van der Waals surface area (Å²) in [6.07, 6.45) is 2.24.